The van der Waals surface area contributed by atoms with E-state index in [-0.39, 0.29) is 0 Å². The van der Waals surface area contributed by atoms with Crippen molar-refractivity contribution in [2.24, 2.45) is 5.92 Å². The van der Waals surface area contributed by atoms with Crippen molar-refractivity contribution in [1.29, 1.82) is 0 Å². The molecule has 3 heteroatoms. The molecule has 2 heterocycles. The summed E-state index contributed by atoms with van der Waals surface area (Å²) >= 11 is 0. The van der Waals surface area contributed by atoms with Crippen LogP contribution >= 0.6 is 0 Å². The highest BCUT2D eigenvalue weighted by Crippen LogP contribution is 2.22. The number of fused-ring (bicyclic) bond motifs is 1. The quantitative estimate of drug-likeness (QED) is 0.810. The largest absolute Gasteiger partial charge is 0.381 e. The molecule has 1 fully saturated rings. The summed E-state index contributed by atoms with van der Waals surface area (Å²) < 4.78 is 7.34. The minimum absolute atomic E-state index is 0.565. The summed E-state index contributed by atoms with van der Waals surface area (Å²) in [6, 6.07) is 6.64. The molecule has 3 nitrogen and oxygen atoms in total. The van der Waals surface area contributed by atoms with Crippen molar-refractivity contribution in [2.45, 2.75) is 26.3 Å². The molecule has 0 unspecified atom stereocenters. The van der Waals surface area contributed by atoms with Crippen LogP contribution in [0.4, 0.5) is 0 Å². The molecule has 3 rings (SSSR count). The maximum atomic E-state index is 5.22. The summed E-state index contributed by atoms with van der Waals surface area (Å²) in [7, 11) is 0. The molecule has 0 N–H and O–H groups in total. The molecule has 0 bridgehead atoms. The normalized spacial score (nSPS) is 16.6. The van der Waals surface area contributed by atoms with Gasteiger partial charge in [0.2, 0.25) is 0 Å². The second-order valence-electron chi connectivity index (χ2n) is 5.20. The van der Waals surface area contributed by atoms with Crippen LogP contribution in [0.15, 0.2) is 24.4 Å². The standard InChI is InChI=1S/C14H18N2O/c1-10(2)12-3-4-13-6-15-16(14(13)5-12)7-11-8-17-9-11/h3-6,10-11H,7-9H2,1-2H3. The molecule has 0 atom stereocenters. The molecular formula is C14H18N2O. The number of ether oxygens (including phenoxy) is 1. The minimum Gasteiger partial charge on any atom is -0.381 e. The van der Waals surface area contributed by atoms with Crippen LogP contribution in [-0.4, -0.2) is 23.0 Å². The minimum atomic E-state index is 0.565. The molecule has 0 spiro atoms. The van der Waals surface area contributed by atoms with Crippen molar-refractivity contribution in [3.05, 3.63) is 30.0 Å². The Morgan fingerprint density at radius 3 is 2.88 bits per heavy atom. The Morgan fingerprint density at radius 1 is 1.41 bits per heavy atom. The van der Waals surface area contributed by atoms with Gasteiger partial charge in [-0.05, 0) is 17.5 Å². The van der Waals surface area contributed by atoms with Crippen LogP contribution in [0.2, 0.25) is 0 Å². The first-order valence-corrected chi connectivity index (χ1v) is 6.27. The lowest BCUT2D eigenvalue weighted by molar-refractivity contribution is -0.0403. The van der Waals surface area contributed by atoms with Gasteiger partial charge in [0.1, 0.15) is 0 Å². The van der Waals surface area contributed by atoms with E-state index in [0.717, 1.165) is 19.8 Å². The number of hydrogen-bond donors (Lipinski definition) is 0. The Morgan fingerprint density at radius 2 is 2.24 bits per heavy atom. The fraction of sp³-hybridized carbons (Fsp3) is 0.500. The van der Waals surface area contributed by atoms with Gasteiger partial charge in [-0.1, -0.05) is 26.0 Å². The van der Waals surface area contributed by atoms with Crippen molar-refractivity contribution in [2.75, 3.05) is 13.2 Å². The van der Waals surface area contributed by atoms with Gasteiger partial charge in [-0.15, -0.1) is 0 Å². The van der Waals surface area contributed by atoms with Gasteiger partial charge in [0.15, 0.2) is 0 Å². The van der Waals surface area contributed by atoms with E-state index in [1.165, 1.54) is 16.5 Å². The van der Waals surface area contributed by atoms with Crippen LogP contribution in [0.5, 0.6) is 0 Å². The van der Waals surface area contributed by atoms with Gasteiger partial charge in [0, 0.05) is 17.8 Å². The summed E-state index contributed by atoms with van der Waals surface area (Å²) in [5, 5.41) is 5.71. The van der Waals surface area contributed by atoms with Gasteiger partial charge in [-0.3, -0.25) is 4.68 Å². The summed E-state index contributed by atoms with van der Waals surface area (Å²) in [6.07, 6.45) is 1.96. The Balaban J connectivity index is 1.96. The number of rotatable bonds is 3. The fourth-order valence-electron chi connectivity index (χ4n) is 2.23. The van der Waals surface area contributed by atoms with E-state index in [0.29, 0.717) is 11.8 Å². The Hall–Kier alpha value is -1.35. The van der Waals surface area contributed by atoms with Crippen LogP contribution in [0.25, 0.3) is 10.9 Å². The molecule has 0 saturated carbocycles. The number of nitrogens with zero attached hydrogens (tertiary/aromatic N) is 2. The van der Waals surface area contributed by atoms with Gasteiger partial charge in [0.05, 0.1) is 24.9 Å². The molecule has 17 heavy (non-hydrogen) atoms. The molecule has 1 aromatic carbocycles. The molecule has 0 amide bonds. The van der Waals surface area contributed by atoms with Gasteiger partial charge >= 0.3 is 0 Å². The zero-order valence-electron chi connectivity index (χ0n) is 10.4. The highest BCUT2D eigenvalue weighted by Gasteiger charge is 2.20. The zero-order valence-corrected chi connectivity index (χ0v) is 10.4. The predicted molar refractivity (Wildman–Crippen MR) is 68.1 cm³/mol. The average molecular weight is 230 g/mol. The van der Waals surface area contributed by atoms with Gasteiger partial charge in [-0.2, -0.15) is 5.10 Å². The monoisotopic (exact) mass is 230 g/mol. The predicted octanol–water partition coefficient (Wildman–Crippen LogP) is 2.81. The maximum absolute atomic E-state index is 5.22. The third kappa shape index (κ3) is 1.95. The van der Waals surface area contributed by atoms with Crippen LogP contribution < -0.4 is 0 Å². The molecule has 1 aliphatic heterocycles. The van der Waals surface area contributed by atoms with Gasteiger partial charge in [0.25, 0.3) is 0 Å². The van der Waals surface area contributed by atoms with Crippen molar-refractivity contribution in [3.63, 3.8) is 0 Å². The zero-order chi connectivity index (χ0) is 11.8. The van der Waals surface area contributed by atoms with Crippen LogP contribution in [-0.2, 0) is 11.3 Å². The molecular weight excluding hydrogens is 212 g/mol. The lowest BCUT2D eigenvalue weighted by Crippen LogP contribution is -2.31. The van der Waals surface area contributed by atoms with Crippen LogP contribution in [0.3, 0.4) is 0 Å². The van der Waals surface area contributed by atoms with E-state index in [1.807, 2.05) is 6.20 Å². The number of aromatic nitrogens is 2. The number of benzene rings is 1. The average Bonchev–Trinajstić information content (AvgIpc) is 2.65. The van der Waals surface area contributed by atoms with E-state index in [1.54, 1.807) is 0 Å². The van der Waals surface area contributed by atoms with Crippen molar-refractivity contribution >= 4 is 10.9 Å². The first-order chi connectivity index (χ1) is 8.24. The maximum Gasteiger partial charge on any atom is 0.0685 e. The lowest BCUT2D eigenvalue weighted by atomic mass is 10.0. The molecule has 1 aromatic heterocycles. The second-order valence-corrected chi connectivity index (χ2v) is 5.20. The molecule has 0 radical (unpaired) electrons. The van der Waals surface area contributed by atoms with Crippen LogP contribution in [0, 0.1) is 5.92 Å². The molecule has 2 aromatic rings. The highest BCUT2D eigenvalue weighted by atomic mass is 16.5. The van der Waals surface area contributed by atoms with Gasteiger partial charge < -0.3 is 4.74 Å². The highest BCUT2D eigenvalue weighted by molar-refractivity contribution is 5.79. The van der Waals surface area contributed by atoms with E-state index in [2.05, 4.69) is 41.8 Å². The van der Waals surface area contributed by atoms with E-state index in [4.69, 9.17) is 4.74 Å². The first-order valence-electron chi connectivity index (χ1n) is 6.27. The smallest absolute Gasteiger partial charge is 0.0685 e. The van der Waals surface area contributed by atoms with E-state index in [9.17, 15) is 0 Å². The summed E-state index contributed by atoms with van der Waals surface area (Å²) in [6.45, 7) is 7.19. The summed E-state index contributed by atoms with van der Waals surface area (Å²) in [4.78, 5) is 0. The summed E-state index contributed by atoms with van der Waals surface area (Å²) in [5.74, 6) is 1.20. The molecule has 1 saturated heterocycles. The van der Waals surface area contributed by atoms with Crippen molar-refractivity contribution in [1.82, 2.24) is 9.78 Å². The Bertz CT molecular complexity index is 526. The Kier molecular flexibility index (Phi) is 2.63. The topological polar surface area (TPSA) is 27.1 Å². The third-order valence-electron chi connectivity index (χ3n) is 3.47. The van der Waals surface area contributed by atoms with Crippen molar-refractivity contribution < 1.29 is 4.74 Å². The van der Waals surface area contributed by atoms with Crippen LogP contribution in [0.1, 0.15) is 25.3 Å². The molecule has 0 aliphatic carbocycles. The molecule has 90 valence electrons. The molecule has 1 aliphatic rings. The first kappa shape index (κ1) is 10.8. The van der Waals surface area contributed by atoms with Crippen molar-refractivity contribution in [3.8, 4) is 0 Å². The Labute approximate surface area is 101 Å². The lowest BCUT2D eigenvalue weighted by Gasteiger charge is -2.25. The number of hydrogen-bond acceptors (Lipinski definition) is 2. The SMILES string of the molecule is CC(C)c1ccc2cnn(CC3COC3)c2c1. The van der Waals surface area contributed by atoms with E-state index >= 15 is 0 Å². The fourth-order valence-corrected chi connectivity index (χ4v) is 2.23. The summed E-state index contributed by atoms with van der Waals surface area (Å²) in [5.41, 5.74) is 2.63. The van der Waals surface area contributed by atoms with E-state index < -0.39 is 0 Å². The van der Waals surface area contributed by atoms with Gasteiger partial charge in [-0.25, -0.2) is 0 Å². The second kappa shape index (κ2) is 4.15. The third-order valence-corrected chi connectivity index (χ3v) is 3.47.